The predicted molar refractivity (Wildman–Crippen MR) is 175 cm³/mol. The molecular weight excluding hydrogens is 552 g/mol. The van der Waals surface area contributed by atoms with Crippen LogP contribution in [0, 0.1) is 0 Å². The number of benzene rings is 4. The molecule has 4 aromatic carbocycles. The largest absolute Gasteiger partial charge is 0.490 e. The molecule has 0 saturated carbocycles. The third-order valence-corrected chi connectivity index (χ3v) is 7.31. The van der Waals surface area contributed by atoms with Gasteiger partial charge < -0.3 is 40.2 Å². The molecule has 44 heavy (non-hydrogen) atoms. The van der Waals surface area contributed by atoms with E-state index < -0.39 is 0 Å². The van der Waals surface area contributed by atoms with Gasteiger partial charge in [-0.25, -0.2) is 0 Å². The molecule has 0 aromatic heterocycles. The van der Waals surface area contributed by atoms with Gasteiger partial charge in [-0.3, -0.25) is 0 Å². The summed E-state index contributed by atoms with van der Waals surface area (Å²) in [5.74, 6) is 3.52. The SMILES string of the molecule is c1ccc2c(c1)CNCCNCc1ccccc1OCCOc1ccccc1CNCCNCc1ccccc1OCCO2. The second-order valence-electron chi connectivity index (χ2n) is 10.5. The van der Waals surface area contributed by atoms with Crippen LogP contribution in [0.15, 0.2) is 97.1 Å². The van der Waals surface area contributed by atoms with E-state index in [1.54, 1.807) is 0 Å². The fourth-order valence-corrected chi connectivity index (χ4v) is 5.02. The van der Waals surface area contributed by atoms with Crippen molar-refractivity contribution < 1.29 is 18.9 Å². The van der Waals surface area contributed by atoms with Crippen molar-refractivity contribution >= 4 is 0 Å². The Kier molecular flexibility index (Phi) is 12.8. The average molecular weight is 597 g/mol. The summed E-state index contributed by atoms with van der Waals surface area (Å²) in [6.07, 6.45) is 0. The maximum atomic E-state index is 6.12. The third kappa shape index (κ3) is 9.99. The van der Waals surface area contributed by atoms with Crippen LogP contribution < -0.4 is 40.2 Å². The fourth-order valence-electron chi connectivity index (χ4n) is 5.02. The molecule has 0 fully saturated rings. The number of hydrogen-bond acceptors (Lipinski definition) is 8. The first kappa shape index (κ1) is 31.3. The lowest BCUT2D eigenvalue weighted by atomic mass is 10.2. The molecule has 1 aliphatic rings. The summed E-state index contributed by atoms with van der Waals surface area (Å²) in [6, 6.07) is 32.6. The molecule has 1 heterocycles. The normalized spacial score (nSPS) is 16.4. The molecule has 0 aliphatic carbocycles. The molecule has 0 bridgehead atoms. The molecule has 0 radical (unpaired) electrons. The molecule has 232 valence electrons. The maximum Gasteiger partial charge on any atom is 0.123 e. The zero-order valence-corrected chi connectivity index (χ0v) is 25.4. The topological polar surface area (TPSA) is 85.0 Å². The monoisotopic (exact) mass is 596 g/mol. The van der Waals surface area contributed by atoms with Gasteiger partial charge in [0.05, 0.1) is 0 Å². The molecule has 0 spiro atoms. The standard InChI is InChI=1S/C36H44N4O4/c1-5-13-33-29(9-1)25-37-17-18-38-26-30-10-3-7-15-35(30)43-23-24-44-36-16-8-4-12-32(36)28-40-20-19-39-27-31-11-2-6-14-34(31)42-22-21-41-33/h1-16,37-40H,17-28H2. The number of fused-ring (bicyclic) bond motifs is 4. The van der Waals surface area contributed by atoms with E-state index in [9.17, 15) is 0 Å². The van der Waals surface area contributed by atoms with Crippen LogP contribution in [0.5, 0.6) is 23.0 Å². The highest BCUT2D eigenvalue weighted by Crippen LogP contribution is 2.21. The Hall–Kier alpha value is -4.08. The van der Waals surface area contributed by atoms with Crippen LogP contribution in [0.2, 0.25) is 0 Å². The second-order valence-corrected chi connectivity index (χ2v) is 10.5. The zero-order chi connectivity index (χ0) is 30.1. The van der Waals surface area contributed by atoms with Gasteiger partial charge in [-0.05, 0) is 24.3 Å². The average Bonchev–Trinajstić information content (AvgIpc) is 3.06. The minimum Gasteiger partial charge on any atom is -0.490 e. The number of rotatable bonds is 0. The van der Waals surface area contributed by atoms with Gasteiger partial charge in [0.25, 0.3) is 0 Å². The smallest absolute Gasteiger partial charge is 0.123 e. The highest BCUT2D eigenvalue weighted by molar-refractivity contribution is 5.36. The molecule has 1 aliphatic heterocycles. The van der Waals surface area contributed by atoms with E-state index in [-0.39, 0.29) is 0 Å². The molecule has 4 N–H and O–H groups in total. The molecule has 5 rings (SSSR count). The number of hydrogen-bond donors (Lipinski definition) is 4. The quantitative estimate of drug-likeness (QED) is 0.233. The lowest BCUT2D eigenvalue weighted by Gasteiger charge is -2.16. The first-order valence-electron chi connectivity index (χ1n) is 15.5. The summed E-state index contributed by atoms with van der Waals surface area (Å²) in [7, 11) is 0. The molecular formula is C36H44N4O4. The second kappa shape index (κ2) is 17.9. The lowest BCUT2D eigenvalue weighted by molar-refractivity contribution is 0.214. The van der Waals surface area contributed by atoms with Crippen LogP contribution in [0.1, 0.15) is 22.3 Å². The number of nitrogens with one attached hydrogen (secondary N) is 4. The minimum atomic E-state index is 0.469. The summed E-state index contributed by atoms with van der Waals surface area (Å²) < 4.78 is 24.5. The molecule has 8 heteroatoms. The van der Waals surface area contributed by atoms with E-state index in [2.05, 4.69) is 45.5 Å². The molecule has 0 unspecified atom stereocenters. The minimum absolute atomic E-state index is 0.469. The Morgan fingerprint density at radius 1 is 0.318 bits per heavy atom. The van der Waals surface area contributed by atoms with Crippen molar-refractivity contribution in [3.05, 3.63) is 119 Å². The van der Waals surface area contributed by atoms with Crippen LogP contribution in [-0.4, -0.2) is 52.6 Å². The van der Waals surface area contributed by atoms with E-state index in [0.717, 1.165) is 97.6 Å². The van der Waals surface area contributed by atoms with Crippen molar-refractivity contribution in [3.63, 3.8) is 0 Å². The van der Waals surface area contributed by atoms with Gasteiger partial charge in [0, 0.05) is 74.6 Å². The van der Waals surface area contributed by atoms with E-state index in [0.29, 0.717) is 26.4 Å². The first-order chi connectivity index (χ1) is 21.9. The number of para-hydroxylation sites is 4. The van der Waals surface area contributed by atoms with E-state index in [1.165, 1.54) is 0 Å². The predicted octanol–water partition coefficient (Wildman–Crippen LogP) is 4.67. The highest BCUT2D eigenvalue weighted by Gasteiger charge is 2.08. The Labute approximate surface area is 261 Å². The summed E-state index contributed by atoms with van der Waals surface area (Å²) >= 11 is 0. The van der Waals surface area contributed by atoms with Crippen LogP contribution >= 0.6 is 0 Å². The Morgan fingerprint density at radius 3 is 0.795 bits per heavy atom. The summed E-state index contributed by atoms with van der Waals surface area (Å²) in [4.78, 5) is 0. The van der Waals surface area contributed by atoms with Crippen molar-refractivity contribution in [1.82, 2.24) is 21.3 Å². The lowest BCUT2D eigenvalue weighted by Crippen LogP contribution is -2.27. The molecule has 4 aromatic rings. The van der Waals surface area contributed by atoms with Crippen LogP contribution in [-0.2, 0) is 26.2 Å². The fraction of sp³-hybridized carbons (Fsp3) is 0.333. The van der Waals surface area contributed by atoms with Crippen LogP contribution in [0.4, 0.5) is 0 Å². The van der Waals surface area contributed by atoms with Gasteiger partial charge >= 0.3 is 0 Å². The Balaban J connectivity index is 1.20. The first-order valence-corrected chi connectivity index (χ1v) is 15.5. The molecule has 0 amide bonds. The van der Waals surface area contributed by atoms with Crippen molar-refractivity contribution in [3.8, 4) is 23.0 Å². The summed E-state index contributed by atoms with van der Waals surface area (Å²) in [5.41, 5.74) is 4.51. The zero-order valence-electron chi connectivity index (χ0n) is 25.4. The van der Waals surface area contributed by atoms with E-state index in [1.807, 2.05) is 72.8 Å². The maximum absolute atomic E-state index is 6.12. The summed E-state index contributed by atoms with van der Waals surface area (Å²) in [6.45, 7) is 8.09. The summed E-state index contributed by atoms with van der Waals surface area (Å²) in [5, 5.41) is 14.1. The molecule has 0 saturated heterocycles. The van der Waals surface area contributed by atoms with E-state index >= 15 is 0 Å². The van der Waals surface area contributed by atoms with Crippen molar-refractivity contribution in [1.29, 1.82) is 0 Å². The van der Waals surface area contributed by atoms with Gasteiger partial charge in [-0.15, -0.1) is 0 Å². The van der Waals surface area contributed by atoms with Crippen molar-refractivity contribution in [2.24, 2.45) is 0 Å². The van der Waals surface area contributed by atoms with E-state index in [4.69, 9.17) is 18.9 Å². The van der Waals surface area contributed by atoms with Gasteiger partial charge in [0.15, 0.2) is 0 Å². The van der Waals surface area contributed by atoms with Crippen LogP contribution in [0.25, 0.3) is 0 Å². The van der Waals surface area contributed by atoms with Gasteiger partial charge in [-0.1, -0.05) is 72.8 Å². The Bertz CT molecular complexity index is 1200. The Morgan fingerprint density at radius 2 is 0.545 bits per heavy atom. The molecule has 0 atom stereocenters. The van der Waals surface area contributed by atoms with Gasteiger partial charge in [0.2, 0.25) is 0 Å². The van der Waals surface area contributed by atoms with Crippen molar-refractivity contribution in [2.45, 2.75) is 26.2 Å². The van der Waals surface area contributed by atoms with Crippen molar-refractivity contribution in [2.75, 3.05) is 52.6 Å². The van der Waals surface area contributed by atoms with Gasteiger partial charge in [0.1, 0.15) is 49.4 Å². The van der Waals surface area contributed by atoms with Gasteiger partial charge in [-0.2, -0.15) is 0 Å². The number of ether oxygens (including phenoxy) is 4. The molecule has 8 nitrogen and oxygen atoms in total. The highest BCUT2D eigenvalue weighted by atomic mass is 16.5. The van der Waals surface area contributed by atoms with Crippen LogP contribution in [0.3, 0.4) is 0 Å². The third-order valence-electron chi connectivity index (χ3n) is 7.31.